The Morgan fingerprint density at radius 1 is 1.44 bits per heavy atom. The zero-order chi connectivity index (χ0) is 11.5. The predicted molar refractivity (Wildman–Crippen MR) is 57.7 cm³/mol. The smallest absolute Gasteiger partial charge is 0.338 e. The number of rotatable bonds is 2. The number of carbonyl (C=O) groups excluding carboxylic acids is 1. The summed E-state index contributed by atoms with van der Waals surface area (Å²) in [6, 6.07) is 6.88. The molecule has 1 aromatic heterocycles. The van der Waals surface area contributed by atoms with Crippen LogP contribution in [0.2, 0.25) is 0 Å². The largest absolute Gasteiger partial charge is 0.465 e. The van der Waals surface area contributed by atoms with E-state index in [2.05, 4.69) is 9.72 Å². The number of hydrogen-bond donors (Lipinski definition) is 1. The molecule has 1 aromatic carbocycles. The second-order valence-corrected chi connectivity index (χ2v) is 3.10. The molecule has 0 aliphatic heterocycles. The minimum atomic E-state index is -0.438. The summed E-state index contributed by atoms with van der Waals surface area (Å²) >= 11 is 0. The molecule has 1 heterocycles. The van der Waals surface area contributed by atoms with E-state index in [1.165, 1.54) is 13.3 Å². The molecule has 0 saturated heterocycles. The van der Waals surface area contributed by atoms with Crippen LogP contribution in [0.15, 0.2) is 34.9 Å². The van der Waals surface area contributed by atoms with Crippen LogP contribution < -0.4 is 5.73 Å². The summed E-state index contributed by atoms with van der Waals surface area (Å²) in [4.78, 5) is 15.5. The molecule has 2 N–H and O–H groups in total. The topological polar surface area (TPSA) is 78.3 Å². The summed E-state index contributed by atoms with van der Waals surface area (Å²) in [5.74, 6) is 0.0699. The normalized spacial score (nSPS) is 10.1. The van der Waals surface area contributed by atoms with Gasteiger partial charge in [-0.3, -0.25) is 0 Å². The Hall–Kier alpha value is -2.30. The van der Waals surface area contributed by atoms with Crippen LogP contribution in [0, 0.1) is 0 Å². The average Bonchev–Trinajstić information content (AvgIpc) is 2.75. The molecule has 16 heavy (non-hydrogen) atoms. The van der Waals surface area contributed by atoms with E-state index >= 15 is 0 Å². The fourth-order valence-corrected chi connectivity index (χ4v) is 1.37. The van der Waals surface area contributed by atoms with Crippen LogP contribution in [0.25, 0.3) is 11.5 Å². The number of ether oxygens (including phenoxy) is 1. The van der Waals surface area contributed by atoms with Gasteiger partial charge in [-0.05, 0) is 12.1 Å². The fraction of sp³-hybridized carbons (Fsp3) is 0.0909. The Balaban J connectivity index is 2.52. The highest BCUT2D eigenvalue weighted by Gasteiger charge is 2.15. The Morgan fingerprint density at radius 3 is 2.81 bits per heavy atom. The van der Waals surface area contributed by atoms with Gasteiger partial charge in [0.2, 0.25) is 11.8 Å². The minimum absolute atomic E-state index is 0.203. The maximum atomic E-state index is 11.5. The molecule has 0 atom stereocenters. The van der Waals surface area contributed by atoms with Gasteiger partial charge in [-0.25, -0.2) is 9.78 Å². The number of hydrogen-bond acceptors (Lipinski definition) is 5. The second kappa shape index (κ2) is 4.06. The van der Waals surface area contributed by atoms with E-state index in [4.69, 9.17) is 10.2 Å². The molecular weight excluding hydrogens is 208 g/mol. The summed E-state index contributed by atoms with van der Waals surface area (Å²) in [6.07, 6.45) is 1.39. The van der Waals surface area contributed by atoms with Gasteiger partial charge < -0.3 is 14.9 Å². The number of carbonyl (C=O) groups is 1. The van der Waals surface area contributed by atoms with Crippen LogP contribution in [0.4, 0.5) is 5.88 Å². The third-order valence-electron chi connectivity index (χ3n) is 2.09. The van der Waals surface area contributed by atoms with Crippen molar-refractivity contribution in [2.45, 2.75) is 0 Å². The van der Waals surface area contributed by atoms with Gasteiger partial charge in [0, 0.05) is 0 Å². The number of nitrogen functional groups attached to an aromatic ring is 1. The van der Waals surface area contributed by atoms with Crippen molar-refractivity contribution in [1.82, 2.24) is 4.98 Å². The fourth-order valence-electron chi connectivity index (χ4n) is 1.37. The molecule has 0 aliphatic rings. The van der Waals surface area contributed by atoms with E-state index in [-0.39, 0.29) is 5.88 Å². The highest BCUT2D eigenvalue weighted by Crippen LogP contribution is 2.24. The maximum Gasteiger partial charge on any atom is 0.338 e. The van der Waals surface area contributed by atoms with Gasteiger partial charge in [-0.1, -0.05) is 12.1 Å². The molecule has 82 valence electrons. The van der Waals surface area contributed by atoms with Crippen LogP contribution in [-0.4, -0.2) is 18.1 Å². The summed E-state index contributed by atoms with van der Waals surface area (Å²) < 4.78 is 9.83. The number of nitrogens with two attached hydrogens (primary N) is 1. The van der Waals surface area contributed by atoms with E-state index in [1.807, 2.05) is 0 Å². The van der Waals surface area contributed by atoms with Crippen LogP contribution in [0.1, 0.15) is 10.4 Å². The first kappa shape index (κ1) is 10.2. The van der Waals surface area contributed by atoms with Crippen LogP contribution in [-0.2, 0) is 4.74 Å². The zero-order valence-electron chi connectivity index (χ0n) is 8.64. The number of methoxy groups -OCH3 is 1. The molecule has 5 heteroatoms. The van der Waals surface area contributed by atoms with Crippen molar-refractivity contribution in [3.63, 3.8) is 0 Å². The number of benzene rings is 1. The van der Waals surface area contributed by atoms with E-state index < -0.39 is 5.97 Å². The average molecular weight is 218 g/mol. The Labute approximate surface area is 91.8 Å². The summed E-state index contributed by atoms with van der Waals surface area (Å²) in [7, 11) is 1.32. The van der Waals surface area contributed by atoms with Gasteiger partial charge >= 0.3 is 5.97 Å². The Bertz CT molecular complexity index is 519. The molecule has 0 fully saturated rings. The summed E-state index contributed by atoms with van der Waals surface area (Å²) in [6.45, 7) is 0. The van der Waals surface area contributed by atoms with Gasteiger partial charge in [-0.15, -0.1) is 0 Å². The lowest BCUT2D eigenvalue weighted by molar-refractivity contribution is 0.0601. The first-order valence-corrected chi connectivity index (χ1v) is 4.61. The van der Waals surface area contributed by atoms with Crippen molar-refractivity contribution in [3.05, 3.63) is 36.0 Å². The molecule has 2 aromatic rings. The van der Waals surface area contributed by atoms with E-state index in [1.54, 1.807) is 24.3 Å². The van der Waals surface area contributed by atoms with E-state index in [9.17, 15) is 4.79 Å². The molecule has 2 rings (SSSR count). The highest BCUT2D eigenvalue weighted by atomic mass is 16.5. The predicted octanol–water partition coefficient (Wildman–Crippen LogP) is 1.71. The monoisotopic (exact) mass is 218 g/mol. The molecule has 0 amide bonds. The summed E-state index contributed by atoms with van der Waals surface area (Å²) in [5, 5.41) is 0. The van der Waals surface area contributed by atoms with Gasteiger partial charge in [-0.2, -0.15) is 0 Å². The lowest BCUT2D eigenvalue weighted by atomic mass is 10.1. The van der Waals surface area contributed by atoms with Crippen molar-refractivity contribution >= 4 is 11.9 Å². The molecular formula is C11H10N2O3. The van der Waals surface area contributed by atoms with Crippen molar-refractivity contribution in [2.24, 2.45) is 0 Å². The van der Waals surface area contributed by atoms with Crippen molar-refractivity contribution < 1.29 is 13.9 Å². The number of aromatic nitrogens is 1. The number of anilines is 1. The lowest BCUT2D eigenvalue weighted by Crippen LogP contribution is -2.03. The number of oxazole rings is 1. The van der Waals surface area contributed by atoms with E-state index in [0.717, 1.165) is 0 Å². The van der Waals surface area contributed by atoms with E-state index in [0.29, 0.717) is 17.0 Å². The van der Waals surface area contributed by atoms with Gasteiger partial charge in [0.25, 0.3) is 0 Å². The Morgan fingerprint density at radius 2 is 2.19 bits per heavy atom. The Kier molecular flexibility index (Phi) is 2.59. The second-order valence-electron chi connectivity index (χ2n) is 3.10. The first-order valence-electron chi connectivity index (χ1n) is 4.61. The first-order chi connectivity index (χ1) is 7.72. The maximum absolute atomic E-state index is 11.5. The van der Waals surface area contributed by atoms with Crippen LogP contribution in [0.5, 0.6) is 0 Å². The van der Waals surface area contributed by atoms with Gasteiger partial charge in [0.15, 0.2) is 0 Å². The highest BCUT2D eigenvalue weighted by molar-refractivity contribution is 5.96. The van der Waals surface area contributed by atoms with Gasteiger partial charge in [0.05, 0.1) is 24.4 Å². The molecule has 0 unspecified atom stereocenters. The molecule has 0 radical (unpaired) electrons. The van der Waals surface area contributed by atoms with Crippen molar-refractivity contribution in [3.8, 4) is 11.5 Å². The molecule has 0 spiro atoms. The summed E-state index contributed by atoms with van der Waals surface area (Å²) in [5.41, 5.74) is 6.39. The van der Waals surface area contributed by atoms with Crippen molar-refractivity contribution in [1.29, 1.82) is 0 Å². The third kappa shape index (κ3) is 1.75. The molecule has 0 bridgehead atoms. The van der Waals surface area contributed by atoms with Crippen molar-refractivity contribution in [2.75, 3.05) is 12.8 Å². The standard InChI is InChI=1S/C11H10N2O3/c1-15-11(14)8-5-3-2-4-7(8)10-13-6-9(12)16-10/h2-6H,12H2,1H3. The minimum Gasteiger partial charge on any atom is -0.465 e. The molecule has 0 saturated carbocycles. The van der Waals surface area contributed by atoms with Crippen LogP contribution in [0.3, 0.4) is 0 Å². The zero-order valence-corrected chi connectivity index (χ0v) is 8.64. The van der Waals surface area contributed by atoms with Gasteiger partial charge in [0.1, 0.15) is 0 Å². The lowest BCUT2D eigenvalue weighted by Gasteiger charge is -2.03. The number of nitrogens with zero attached hydrogens (tertiary/aromatic N) is 1. The molecule has 5 nitrogen and oxygen atoms in total. The third-order valence-corrected chi connectivity index (χ3v) is 2.09. The quantitative estimate of drug-likeness (QED) is 0.776. The SMILES string of the molecule is COC(=O)c1ccccc1-c1ncc(N)o1. The molecule has 0 aliphatic carbocycles. The van der Waals surface area contributed by atoms with Crippen LogP contribution >= 0.6 is 0 Å². The number of esters is 1.